The molecule has 0 bridgehead atoms. The molecule has 2 unspecified atom stereocenters. The van der Waals surface area contributed by atoms with Gasteiger partial charge in [-0.2, -0.15) is 5.26 Å². The van der Waals surface area contributed by atoms with Crippen LogP contribution in [-0.2, 0) is 0 Å². The molecule has 0 amide bonds. The van der Waals surface area contributed by atoms with Crippen molar-refractivity contribution >= 4 is 0 Å². The van der Waals surface area contributed by atoms with Gasteiger partial charge in [-0.05, 0) is 47.1 Å². The Hall–Kier alpha value is -0.590. The second-order valence-corrected chi connectivity index (χ2v) is 5.83. The molecule has 3 heteroatoms. The minimum Gasteiger partial charge on any atom is -0.309 e. The zero-order valence-corrected chi connectivity index (χ0v) is 11.1. The van der Waals surface area contributed by atoms with Crippen molar-refractivity contribution in [2.75, 3.05) is 19.6 Å². The quantitative estimate of drug-likeness (QED) is 0.792. The molecule has 2 atom stereocenters. The van der Waals surface area contributed by atoms with E-state index in [2.05, 4.69) is 30.1 Å². The smallest absolute Gasteiger partial charge is 0.0683 e. The number of rotatable bonds is 4. The van der Waals surface area contributed by atoms with Gasteiger partial charge in [0.15, 0.2) is 0 Å². The highest BCUT2D eigenvalue weighted by Crippen LogP contribution is 2.21. The molecular weight excluding hydrogens is 198 g/mol. The lowest BCUT2D eigenvalue weighted by atomic mass is 9.89. The van der Waals surface area contributed by atoms with Crippen LogP contribution >= 0.6 is 0 Å². The van der Waals surface area contributed by atoms with E-state index in [1.54, 1.807) is 0 Å². The maximum absolute atomic E-state index is 8.94. The number of nitrogens with zero attached hydrogens (tertiary/aromatic N) is 2. The number of piperazine rings is 1. The lowest BCUT2D eigenvalue weighted by Crippen LogP contribution is -2.54. The van der Waals surface area contributed by atoms with E-state index in [1.807, 2.05) is 13.8 Å². The van der Waals surface area contributed by atoms with Gasteiger partial charge in [0.2, 0.25) is 0 Å². The Morgan fingerprint density at radius 3 is 2.38 bits per heavy atom. The molecule has 1 aliphatic heterocycles. The van der Waals surface area contributed by atoms with Crippen molar-refractivity contribution in [1.29, 1.82) is 5.26 Å². The zero-order valence-electron chi connectivity index (χ0n) is 11.1. The maximum Gasteiger partial charge on any atom is 0.0683 e. The normalized spacial score (nSPS) is 27.7. The van der Waals surface area contributed by atoms with E-state index < -0.39 is 0 Å². The van der Waals surface area contributed by atoms with Gasteiger partial charge in [-0.25, -0.2) is 0 Å². The van der Waals surface area contributed by atoms with Gasteiger partial charge in [-0.1, -0.05) is 0 Å². The first-order chi connectivity index (χ1) is 7.43. The van der Waals surface area contributed by atoms with Crippen LogP contribution in [0.2, 0.25) is 0 Å². The Balaban J connectivity index is 2.25. The number of hydrogen-bond acceptors (Lipinski definition) is 3. The summed E-state index contributed by atoms with van der Waals surface area (Å²) in [5.74, 6) is 0. The fourth-order valence-electron chi connectivity index (χ4n) is 2.42. The van der Waals surface area contributed by atoms with Crippen LogP contribution in [0.1, 0.15) is 40.5 Å². The van der Waals surface area contributed by atoms with Crippen LogP contribution in [0.25, 0.3) is 0 Å². The highest BCUT2D eigenvalue weighted by molar-refractivity contribution is 4.91. The van der Waals surface area contributed by atoms with Crippen LogP contribution in [0.15, 0.2) is 0 Å². The fourth-order valence-corrected chi connectivity index (χ4v) is 2.42. The third-order valence-corrected chi connectivity index (χ3v) is 3.21. The summed E-state index contributed by atoms with van der Waals surface area (Å²) in [4.78, 5) is 2.51. The first-order valence-electron chi connectivity index (χ1n) is 6.32. The van der Waals surface area contributed by atoms with Crippen molar-refractivity contribution in [3.05, 3.63) is 0 Å². The van der Waals surface area contributed by atoms with E-state index in [9.17, 15) is 0 Å². The third-order valence-electron chi connectivity index (χ3n) is 3.21. The molecule has 1 saturated heterocycles. The molecule has 0 spiro atoms. The van der Waals surface area contributed by atoms with E-state index in [0.29, 0.717) is 12.1 Å². The fraction of sp³-hybridized carbons (Fsp3) is 0.923. The molecule has 3 nitrogen and oxygen atoms in total. The molecule has 1 N–H and O–H groups in total. The van der Waals surface area contributed by atoms with Crippen LogP contribution in [0.3, 0.4) is 0 Å². The minimum atomic E-state index is -0.161. The molecule has 1 rings (SSSR count). The van der Waals surface area contributed by atoms with Crippen molar-refractivity contribution < 1.29 is 0 Å². The lowest BCUT2D eigenvalue weighted by Gasteiger charge is -2.36. The molecule has 0 aliphatic carbocycles. The summed E-state index contributed by atoms with van der Waals surface area (Å²) in [5, 5.41) is 12.5. The summed E-state index contributed by atoms with van der Waals surface area (Å²) in [5.41, 5.74) is -0.161. The molecular formula is C13H25N3. The van der Waals surface area contributed by atoms with Crippen LogP contribution < -0.4 is 5.32 Å². The van der Waals surface area contributed by atoms with E-state index >= 15 is 0 Å². The van der Waals surface area contributed by atoms with Gasteiger partial charge in [0.1, 0.15) is 0 Å². The first kappa shape index (κ1) is 13.5. The summed E-state index contributed by atoms with van der Waals surface area (Å²) < 4.78 is 0. The van der Waals surface area contributed by atoms with Crippen molar-refractivity contribution in [2.45, 2.75) is 52.6 Å². The van der Waals surface area contributed by atoms with E-state index in [4.69, 9.17) is 5.26 Å². The van der Waals surface area contributed by atoms with Crippen LogP contribution in [0.4, 0.5) is 0 Å². The zero-order chi connectivity index (χ0) is 12.2. The second kappa shape index (κ2) is 5.65. The SMILES string of the molecule is CC1CN(CCCC(C)(C)C#N)CC(C)N1. The van der Waals surface area contributed by atoms with Crippen LogP contribution in [0.5, 0.6) is 0 Å². The summed E-state index contributed by atoms with van der Waals surface area (Å²) in [7, 11) is 0. The Labute approximate surface area is 99.8 Å². The summed E-state index contributed by atoms with van der Waals surface area (Å²) in [6, 6.07) is 3.55. The Bertz CT molecular complexity index is 244. The molecule has 0 radical (unpaired) electrons. The third kappa shape index (κ3) is 4.51. The average Bonchev–Trinajstić information content (AvgIpc) is 2.16. The molecule has 16 heavy (non-hydrogen) atoms. The van der Waals surface area contributed by atoms with Gasteiger partial charge in [-0.15, -0.1) is 0 Å². The Kier molecular flexibility index (Phi) is 4.76. The molecule has 0 aromatic rings. The Morgan fingerprint density at radius 2 is 1.88 bits per heavy atom. The van der Waals surface area contributed by atoms with E-state index in [1.165, 1.54) is 0 Å². The second-order valence-electron chi connectivity index (χ2n) is 5.83. The van der Waals surface area contributed by atoms with Gasteiger partial charge in [0.05, 0.1) is 11.5 Å². The monoisotopic (exact) mass is 223 g/mol. The molecule has 0 aromatic carbocycles. The summed E-state index contributed by atoms with van der Waals surface area (Å²) >= 11 is 0. The average molecular weight is 223 g/mol. The van der Waals surface area contributed by atoms with Gasteiger partial charge in [0.25, 0.3) is 0 Å². The molecule has 0 aromatic heterocycles. The largest absolute Gasteiger partial charge is 0.309 e. The van der Waals surface area contributed by atoms with Crippen LogP contribution in [0, 0.1) is 16.7 Å². The van der Waals surface area contributed by atoms with Gasteiger partial charge < -0.3 is 10.2 Å². The Morgan fingerprint density at radius 1 is 1.31 bits per heavy atom. The van der Waals surface area contributed by atoms with Crippen molar-refractivity contribution in [1.82, 2.24) is 10.2 Å². The standard InChI is InChI=1S/C13H25N3/c1-11-8-16(9-12(2)15-11)7-5-6-13(3,4)10-14/h11-12,15H,5-9H2,1-4H3. The van der Waals surface area contributed by atoms with E-state index in [-0.39, 0.29) is 5.41 Å². The van der Waals surface area contributed by atoms with Crippen molar-refractivity contribution in [2.24, 2.45) is 5.41 Å². The lowest BCUT2D eigenvalue weighted by molar-refractivity contribution is 0.167. The molecule has 92 valence electrons. The van der Waals surface area contributed by atoms with Gasteiger partial charge >= 0.3 is 0 Å². The molecule has 1 aliphatic rings. The van der Waals surface area contributed by atoms with Crippen molar-refractivity contribution in [3.8, 4) is 6.07 Å². The topological polar surface area (TPSA) is 39.1 Å². The number of nitrogens with one attached hydrogen (secondary N) is 1. The van der Waals surface area contributed by atoms with Crippen LogP contribution in [-0.4, -0.2) is 36.6 Å². The molecule has 1 heterocycles. The maximum atomic E-state index is 8.94. The highest BCUT2D eigenvalue weighted by atomic mass is 15.2. The highest BCUT2D eigenvalue weighted by Gasteiger charge is 2.21. The minimum absolute atomic E-state index is 0.161. The summed E-state index contributed by atoms with van der Waals surface area (Å²) in [6.07, 6.45) is 2.12. The van der Waals surface area contributed by atoms with Gasteiger partial charge in [0, 0.05) is 25.2 Å². The number of hydrogen-bond donors (Lipinski definition) is 1. The van der Waals surface area contributed by atoms with Gasteiger partial charge in [-0.3, -0.25) is 0 Å². The molecule has 0 saturated carbocycles. The van der Waals surface area contributed by atoms with Crippen molar-refractivity contribution in [3.63, 3.8) is 0 Å². The predicted molar refractivity (Wildman–Crippen MR) is 67.1 cm³/mol. The van der Waals surface area contributed by atoms with E-state index in [0.717, 1.165) is 32.5 Å². The first-order valence-corrected chi connectivity index (χ1v) is 6.32. The molecule has 1 fully saturated rings. The number of nitriles is 1. The predicted octanol–water partition coefficient (Wildman–Crippen LogP) is 2.00. The summed E-state index contributed by atoms with van der Waals surface area (Å²) in [6.45, 7) is 11.9.